The normalized spacial score (nSPS) is 12.0. The molecule has 1 N–H and O–H groups in total. The third-order valence-electron chi connectivity index (χ3n) is 3.25. The highest BCUT2D eigenvalue weighted by Gasteiger charge is 2.15. The van der Waals surface area contributed by atoms with E-state index < -0.39 is 0 Å². The molecule has 0 saturated carbocycles. The summed E-state index contributed by atoms with van der Waals surface area (Å²) in [6.07, 6.45) is 1.09. The topological polar surface area (TPSA) is 77.1 Å². The van der Waals surface area contributed by atoms with Gasteiger partial charge in [0, 0.05) is 16.7 Å². The van der Waals surface area contributed by atoms with E-state index in [1.54, 1.807) is 32.2 Å². The summed E-state index contributed by atoms with van der Waals surface area (Å²) in [6.45, 7) is 4.24. The highest BCUT2D eigenvalue weighted by Crippen LogP contribution is 2.32. The molecule has 0 aliphatic heterocycles. The van der Waals surface area contributed by atoms with Crippen LogP contribution in [0.2, 0.25) is 5.02 Å². The maximum Gasteiger partial charge on any atom is 0.305 e. The molecule has 1 aromatic heterocycles. The van der Waals surface area contributed by atoms with Gasteiger partial charge in [-0.05, 0) is 31.5 Å². The molecule has 0 spiro atoms. The summed E-state index contributed by atoms with van der Waals surface area (Å²) in [6, 6.07) is 5.32. The summed E-state index contributed by atoms with van der Waals surface area (Å²) in [5.74, 6) is 1.08. The fraction of sp³-hybridized carbons (Fsp3) is 0.438. The Kier molecular flexibility index (Phi) is 6.93. The first kappa shape index (κ1) is 18.6. The lowest BCUT2D eigenvalue weighted by Gasteiger charge is -2.08. The Hall–Kier alpha value is -1.73. The summed E-state index contributed by atoms with van der Waals surface area (Å²) in [5.41, 5.74) is 0.753. The number of hydrogen-bond acceptors (Lipinski definition) is 6. The van der Waals surface area contributed by atoms with Crippen molar-refractivity contribution in [2.45, 2.75) is 37.1 Å². The quantitative estimate of drug-likeness (QED) is 0.560. The number of H-pyrrole nitrogens is 1. The molecule has 0 radical (unpaired) electrons. The van der Waals surface area contributed by atoms with Crippen LogP contribution in [-0.4, -0.2) is 40.1 Å². The van der Waals surface area contributed by atoms with Crippen molar-refractivity contribution >= 4 is 29.3 Å². The molecule has 1 atom stereocenters. The highest BCUT2D eigenvalue weighted by atomic mass is 35.5. The number of nitrogens with zero attached hydrogens (tertiary/aromatic N) is 2. The number of carbonyl (C=O) groups is 1. The van der Waals surface area contributed by atoms with Crippen molar-refractivity contribution in [3.05, 3.63) is 23.2 Å². The second-order valence-corrected chi connectivity index (χ2v) is 6.93. The summed E-state index contributed by atoms with van der Waals surface area (Å²) in [5, 5.41) is 8.52. The van der Waals surface area contributed by atoms with Gasteiger partial charge in [0.15, 0.2) is 5.82 Å². The van der Waals surface area contributed by atoms with Crippen molar-refractivity contribution in [3.63, 3.8) is 0 Å². The van der Waals surface area contributed by atoms with Crippen molar-refractivity contribution in [3.8, 4) is 17.1 Å². The van der Waals surface area contributed by atoms with Gasteiger partial charge in [-0.2, -0.15) is 0 Å². The van der Waals surface area contributed by atoms with Crippen LogP contribution in [0.1, 0.15) is 26.7 Å². The number of aromatic nitrogens is 3. The van der Waals surface area contributed by atoms with Crippen LogP contribution < -0.4 is 4.74 Å². The molecule has 2 rings (SSSR count). The molecule has 1 aromatic carbocycles. The number of methoxy groups -OCH3 is 1. The van der Waals surface area contributed by atoms with Crippen molar-refractivity contribution in [2.75, 3.05) is 13.7 Å². The van der Waals surface area contributed by atoms with Crippen molar-refractivity contribution in [1.82, 2.24) is 15.2 Å². The van der Waals surface area contributed by atoms with Crippen molar-refractivity contribution < 1.29 is 14.3 Å². The number of rotatable bonds is 8. The van der Waals surface area contributed by atoms with Gasteiger partial charge >= 0.3 is 5.97 Å². The first-order valence-corrected chi connectivity index (χ1v) is 8.87. The van der Waals surface area contributed by atoms with E-state index in [4.69, 9.17) is 21.1 Å². The Balaban J connectivity index is 2.01. The third-order valence-corrected chi connectivity index (χ3v) is 4.52. The molecule has 24 heavy (non-hydrogen) atoms. The van der Waals surface area contributed by atoms with Crippen molar-refractivity contribution in [1.29, 1.82) is 0 Å². The summed E-state index contributed by atoms with van der Waals surface area (Å²) >= 11 is 7.55. The minimum absolute atomic E-state index is 0.177. The van der Waals surface area contributed by atoms with Gasteiger partial charge in [0.1, 0.15) is 5.75 Å². The molecule has 0 aliphatic carbocycles. The molecular formula is C16H20ClN3O3S. The third kappa shape index (κ3) is 5.14. The molecule has 1 heterocycles. The first-order chi connectivity index (χ1) is 11.5. The minimum Gasteiger partial charge on any atom is -0.496 e. The largest absolute Gasteiger partial charge is 0.496 e. The predicted octanol–water partition coefficient (Wildman–Crippen LogP) is 3.96. The smallest absolute Gasteiger partial charge is 0.305 e. The second kappa shape index (κ2) is 8.94. The molecule has 0 bridgehead atoms. The van der Waals surface area contributed by atoms with E-state index in [2.05, 4.69) is 15.2 Å². The molecule has 6 nitrogen and oxygen atoms in total. The number of esters is 1. The number of nitrogens with one attached hydrogen (secondary N) is 1. The molecular weight excluding hydrogens is 350 g/mol. The molecule has 8 heteroatoms. The zero-order chi connectivity index (χ0) is 17.5. The lowest BCUT2D eigenvalue weighted by Crippen LogP contribution is -2.07. The van der Waals surface area contributed by atoms with Crippen LogP contribution in [0, 0.1) is 0 Å². The van der Waals surface area contributed by atoms with E-state index in [0.29, 0.717) is 41.2 Å². The summed E-state index contributed by atoms with van der Waals surface area (Å²) < 4.78 is 10.3. The van der Waals surface area contributed by atoms with E-state index in [1.807, 2.05) is 6.92 Å². The monoisotopic (exact) mass is 369 g/mol. The molecule has 0 fully saturated rings. The van der Waals surface area contributed by atoms with Crippen LogP contribution >= 0.6 is 23.4 Å². The van der Waals surface area contributed by atoms with Crippen LogP contribution in [0.15, 0.2) is 23.4 Å². The van der Waals surface area contributed by atoms with Crippen molar-refractivity contribution in [2.24, 2.45) is 0 Å². The van der Waals surface area contributed by atoms with E-state index >= 15 is 0 Å². The number of hydrogen-bond donors (Lipinski definition) is 1. The van der Waals surface area contributed by atoms with E-state index in [-0.39, 0.29) is 11.2 Å². The molecule has 2 aromatic rings. The average Bonchev–Trinajstić information content (AvgIpc) is 3.01. The van der Waals surface area contributed by atoms with Gasteiger partial charge in [0.05, 0.1) is 19.3 Å². The Morgan fingerprint density at radius 1 is 1.46 bits per heavy atom. The standard InChI is InChI=1S/C16H20ClN3O3S/c1-4-23-14(21)8-5-10(2)24-16-18-15(19-20-16)12-9-11(17)6-7-13(12)22-3/h6-7,9-10H,4-5,8H2,1-3H3,(H,18,19,20). The first-order valence-electron chi connectivity index (χ1n) is 7.62. The second-order valence-electron chi connectivity index (χ2n) is 5.08. The Bertz CT molecular complexity index is 693. The fourth-order valence-corrected chi connectivity index (χ4v) is 3.09. The van der Waals surface area contributed by atoms with Gasteiger partial charge in [0.2, 0.25) is 5.16 Å². The van der Waals surface area contributed by atoms with Gasteiger partial charge in [-0.25, -0.2) is 4.98 Å². The zero-order valence-electron chi connectivity index (χ0n) is 13.8. The molecule has 0 saturated heterocycles. The zero-order valence-corrected chi connectivity index (χ0v) is 15.4. The van der Waals surface area contributed by atoms with Crippen LogP contribution in [0.25, 0.3) is 11.4 Å². The number of thioether (sulfide) groups is 1. The van der Waals surface area contributed by atoms with Gasteiger partial charge in [-0.1, -0.05) is 30.3 Å². The van der Waals surface area contributed by atoms with Gasteiger partial charge < -0.3 is 9.47 Å². The molecule has 0 aliphatic rings. The Morgan fingerprint density at radius 3 is 2.96 bits per heavy atom. The molecule has 1 unspecified atom stereocenters. The lowest BCUT2D eigenvalue weighted by atomic mass is 10.2. The van der Waals surface area contributed by atoms with E-state index in [0.717, 1.165) is 5.56 Å². The Labute approximate surface area is 150 Å². The Morgan fingerprint density at radius 2 is 2.25 bits per heavy atom. The van der Waals surface area contributed by atoms with Crippen LogP contribution in [0.4, 0.5) is 0 Å². The maximum atomic E-state index is 11.4. The maximum absolute atomic E-state index is 11.4. The molecule has 0 amide bonds. The van der Waals surface area contributed by atoms with E-state index in [9.17, 15) is 4.79 Å². The minimum atomic E-state index is -0.177. The van der Waals surface area contributed by atoms with Crippen LogP contribution in [-0.2, 0) is 9.53 Å². The number of ether oxygens (including phenoxy) is 2. The van der Waals surface area contributed by atoms with E-state index in [1.165, 1.54) is 11.8 Å². The van der Waals surface area contributed by atoms with Gasteiger partial charge in [0.25, 0.3) is 0 Å². The highest BCUT2D eigenvalue weighted by molar-refractivity contribution is 7.99. The fourth-order valence-electron chi connectivity index (χ4n) is 2.08. The number of carbonyl (C=O) groups excluding carboxylic acids is 1. The van der Waals surface area contributed by atoms with Gasteiger partial charge in [-0.3, -0.25) is 9.89 Å². The SMILES string of the molecule is CCOC(=O)CCC(C)Sc1n[nH]c(-c2cc(Cl)ccc2OC)n1. The lowest BCUT2D eigenvalue weighted by molar-refractivity contribution is -0.143. The van der Waals surface area contributed by atoms with Crippen LogP contribution in [0.3, 0.4) is 0 Å². The van der Waals surface area contributed by atoms with Gasteiger partial charge in [-0.15, -0.1) is 5.10 Å². The van der Waals surface area contributed by atoms with Crippen LogP contribution in [0.5, 0.6) is 5.75 Å². The number of aromatic amines is 1. The summed E-state index contributed by atoms with van der Waals surface area (Å²) in [7, 11) is 1.59. The molecule has 130 valence electrons. The number of benzene rings is 1. The predicted molar refractivity (Wildman–Crippen MR) is 94.6 cm³/mol. The average molecular weight is 370 g/mol. The number of halogens is 1. The summed E-state index contributed by atoms with van der Waals surface area (Å²) in [4.78, 5) is 15.9.